The van der Waals surface area contributed by atoms with E-state index in [0.29, 0.717) is 5.52 Å². The molecule has 0 atom stereocenters. The average Bonchev–Trinajstić information content (AvgIpc) is 3.57. The van der Waals surface area contributed by atoms with E-state index in [2.05, 4.69) is 72.8 Å². The van der Waals surface area contributed by atoms with E-state index >= 15 is 0 Å². The maximum atomic E-state index is 8.89. The lowest BCUT2D eigenvalue weighted by Crippen LogP contribution is -2.01. The summed E-state index contributed by atoms with van der Waals surface area (Å²) >= 11 is 0. The van der Waals surface area contributed by atoms with Gasteiger partial charge in [-0.1, -0.05) is 139 Å². The van der Waals surface area contributed by atoms with Crippen molar-refractivity contribution >= 4 is 32.6 Å². The molecule has 47 heavy (non-hydrogen) atoms. The van der Waals surface area contributed by atoms with Crippen LogP contribution in [0.15, 0.2) is 176 Å². The summed E-state index contributed by atoms with van der Waals surface area (Å²) in [4.78, 5) is 9.65. The van der Waals surface area contributed by atoms with Crippen molar-refractivity contribution in [3.05, 3.63) is 176 Å². The van der Waals surface area contributed by atoms with Crippen molar-refractivity contribution in [1.82, 2.24) is 14.5 Å². The molecule has 0 N–H and O–H groups in total. The number of benzene rings is 7. The standard InChI is InChI=1S/C44H29N3/c1-2-16-30(17-3-1)44-46-39-26-11-13-28-41(39)47(44)40-27-12-10-24-37(40)43-35-22-8-6-20-33(35)42(34-21-7-9-23-36(34)43)32-19-5-4-18-31(32)38-25-14-15-29-45-38/h1-29H/i1D,2D,3D,16D,17D. The Bertz CT molecular complexity index is 2780. The molecule has 0 amide bonds. The van der Waals surface area contributed by atoms with E-state index in [-0.39, 0.29) is 23.5 Å². The maximum Gasteiger partial charge on any atom is 0.145 e. The van der Waals surface area contributed by atoms with E-state index in [9.17, 15) is 0 Å². The zero-order chi connectivity index (χ0) is 35.5. The Labute approximate surface area is 280 Å². The van der Waals surface area contributed by atoms with Crippen LogP contribution in [-0.4, -0.2) is 14.5 Å². The normalized spacial score (nSPS) is 12.9. The third-order valence-electron chi connectivity index (χ3n) is 8.77. The molecule has 3 heteroatoms. The highest BCUT2D eigenvalue weighted by Gasteiger charge is 2.22. The molecule has 2 heterocycles. The fourth-order valence-electron chi connectivity index (χ4n) is 6.83. The highest BCUT2D eigenvalue weighted by atomic mass is 15.1. The fourth-order valence-corrected chi connectivity index (χ4v) is 6.83. The molecule has 220 valence electrons. The summed E-state index contributed by atoms with van der Waals surface area (Å²) in [6, 6.07) is 45.1. The van der Waals surface area contributed by atoms with E-state index in [0.717, 1.165) is 66.3 Å². The van der Waals surface area contributed by atoms with E-state index < -0.39 is 18.1 Å². The van der Waals surface area contributed by atoms with Crippen molar-refractivity contribution in [1.29, 1.82) is 0 Å². The SMILES string of the molecule is [2H]c1c([2H])c([2H])c(-c2nc3ccccc3n2-c2ccccc2-c2c3ccccc3c(-c3ccccc3-c3ccccn3)c3ccccc23)c([2H])c1[2H]. The summed E-state index contributed by atoms with van der Waals surface area (Å²) in [5.41, 5.74) is 8.29. The number of fused-ring (bicyclic) bond motifs is 3. The Morgan fingerprint density at radius 2 is 1.04 bits per heavy atom. The smallest absolute Gasteiger partial charge is 0.145 e. The zero-order valence-corrected chi connectivity index (χ0v) is 25.2. The molecule has 0 unspecified atom stereocenters. The van der Waals surface area contributed by atoms with Gasteiger partial charge in [0.1, 0.15) is 5.82 Å². The summed E-state index contributed by atoms with van der Waals surface area (Å²) in [5, 5.41) is 4.26. The first kappa shape index (κ1) is 22.2. The lowest BCUT2D eigenvalue weighted by atomic mass is 9.84. The molecule has 0 fully saturated rings. The monoisotopic (exact) mass is 604 g/mol. The molecule has 9 rings (SSSR count). The Balaban J connectivity index is 1.39. The molecule has 0 aliphatic carbocycles. The molecule has 7 aromatic carbocycles. The topological polar surface area (TPSA) is 30.7 Å². The fraction of sp³-hybridized carbons (Fsp3) is 0. The highest BCUT2D eigenvalue weighted by molar-refractivity contribution is 6.23. The summed E-state index contributed by atoms with van der Waals surface area (Å²) < 4.78 is 44.9. The Morgan fingerprint density at radius 3 is 1.72 bits per heavy atom. The Morgan fingerprint density at radius 1 is 0.489 bits per heavy atom. The van der Waals surface area contributed by atoms with E-state index in [1.807, 2.05) is 77.5 Å². The molecule has 3 nitrogen and oxygen atoms in total. The Hall–Kier alpha value is -6.32. The number of pyridine rings is 1. The third kappa shape index (κ3) is 4.44. The molecular weight excluding hydrogens is 571 g/mol. The van der Waals surface area contributed by atoms with Gasteiger partial charge < -0.3 is 0 Å². The van der Waals surface area contributed by atoms with Crippen molar-refractivity contribution in [2.45, 2.75) is 0 Å². The minimum Gasteiger partial charge on any atom is -0.292 e. The molecular formula is C44H29N3. The number of hydrogen-bond donors (Lipinski definition) is 0. The molecule has 0 aliphatic heterocycles. The summed E-state index contributed by atoms with van der Waals surface area (Å²) in [6.07, 6.45) is 1.82. The summed E-state index contributed by atoms with van der Waals surface area (Å²) in [7, 11) is 0. The van der Waals surface area contributed by atoms with Gasteiger partial charge in [-0.25, -0.2) is 4.98 Å². The number of hydrogen-bond acceptors (Lipinski definition) is 2. The molecule has 0 radical (unpaired) electrons. The van der Waals surface area contributed by atoms with Crippen LogP contribution in [0.25, 0.3) is 83.2 Å². The van der Waals surface area contributed by atoms with Crippen LogP contribution in [0.2, 0.25) is 0 Å². The molecule has 0 saturated heterocycles. The second kappa shape index (κ2) is 11.2. The number of para-hydroxylation sites is 3. The zero-order valence-electron chi connectivity index (χ0n) is 30.2. The van der Waals surface area contributed by atoms with Crippen LogP contribution in [0.3, 0.4) is 0 Å². The van der Waals surface area contributed by atoms with E-state index in [4.69, 9.17) is 16.8 Å². The average molecular weight is 605 g/mol. The van der Waals surface area contributed by atoms with Gasteiger partial charge in [-0.3, -0.25) is 9.55 Å². The molecule has 0 aliphatic rings. The number of imidazole rings is 1. The molecule has 0 bridgehead atoms. The van der Waals surface area contributed by atoms with Gasteiger partial charge >= 0.3 is 0 Å². The van der Waals surface area contributed by atoms with Crippen LogP contribution in [-0.2, 0) is 0 Å². The Kier molecular flexibility index (Phi) is 5.32. The maximum absolute atomic E-state index is 8.89. The second-order valence-electron chi connectivity index (χ2n) is 11.4. The van der Waals surface area contributed by atoms with Crippen molar-refractivity contribution < 1.29 is 6.85 Å². The predicted molar refractivity (Wildman–Crippen MR) is 196 cm³/mol. The molecule has 0 saturated carbocycles. The second-order valence-corrected chi connectivity index (χ2v) is 11.4. The van der Waals surface area contributed by atoms with Gasteiger partial charge in [0.05, 0.1) is 29.3 Å². The molecule has 2 aromatic heterocycles. The van der Waals surface area contributed by atoms with Gasteiger partial charge in [0.25, 0.3) is 0 Å². The van der Waals surface area contributed by atoms with Crippen LogP contribution < -0.4 is 0 Å². The van der Waals surface area contributed by atoms with E-state index in [1.165, 1.54) is 0 Å². The van der Waals surface area contributed by atoms with Gasteiger partial charge in [-0.15, -0.1) is 0 Å². The van der Waals surface area contributed by atoms with Crippen molar-refractivity contribution in [3.8, 4) is 50.6 Å². The van der Waals surface area contributed by atoms with Gasteiger partial charge in [-0.2, -0.15) is 0 Å². The lowest BCUT2D eigenvalue weighted by molar-refractivity contribution is 1.10. The first-order valence-electron chi connectivity index (χ1n) is 18.0. The van der Waals surface area contributed by atoms with Crippen LogP contribution in [0, 0.1) is 0 Å². The quantitative estimate of drug-likeness (QED) is 0.183. The van der Waals surface area contributed by atoms with Crippen LogP contribution in [0.1, 0.15) is 6.85 Å². The first-order valence-corrected chi connectivity index (χ1v) is 15.5. The highest BCUT2D eigenvalue weighted by Crippen LogP contribution is 2.47. The lowest BCUT2D eigenvalue weighted by Gasteiger charge is -2.21. The largest absolute Gasteiger partial charge is 0.292 e. The third-order valence-corrected chi connectivity index (χ3v) is 8.77. The van der Waals surface area contributed by atoms with Gasteiger partial charge in [0.15, 0.2) is 0 Å². The van der Waals surface area contributed by atoms with Crippen molar-refractivity contribution in [3.63, 3.8) is 0 Å². The van der Waals surface area contributed by atoms with Crippen LogP contribution in [0.4, 0.5) is 0 Å². The molecule has 9 aromatic rings. The molecule has 0 spiro atoms. The summed E-state index contributed by atoms with van der Waals surface area (Å²) in [6.45, 7) is 0. The summed E-state index contributed by atoms with van der Waals surface area (Å²) in [5.74, 6) is 0.278. The minimum absolute atomic E-state index is 0.0493. The van der Waals surface area contributed by atoms with Gasteiger partial charge in [0.2, 0.25) is 0 Å². The van der Waals surface area contributed by atoms with Crippen molar-refractivity contribution in [2.24, 2.45) is 0 Å². The number of nitrogens with zero attached hydrogens (tertiary/aromatic N) is 3. The van der Waals surface area contributed by atoms with Crippen molar-refractivity contribution in [2.75, 3.05) is 0 Å². The first-order chi connectivity index (χ1) is 25.4. The number of aromatic nitrogens is 3. The number of rotatable bonds is 5. The van der Waals surface area contributed by atoms with E-state index in [1.54, 1.807) is 0 Å². The minimum atomic E-state index is -0.440. The van der Waals surface area contributed by atoms with Gasteiger partial charge in [0, 0.05) is 22.9 Å². The van der Waals surface area contributed by atoms with Crippen LogP contribution >= 0.6 is 0 Å². The van der Waals surface area contributed by atoms with Gasteiger partial charge in [-0.05, 0) is 68.6 Å². The van der Waals surface area contributed by atoms with Crippen LogP contribution in [0.5, 0.6) is 0 Å². The predicted octanol–water partition coefficient (Wildman–Crippen LogP) is 11.4.